The molecule has 0 saturated carbocycles. The zero-order valence-corrected chi connectivity index (χ0v) is 17.7. The SMILES string of the molecule is CCc1ccc(CN(Cc2cccnc2)C(=O)CCC(=O)c2ccc(C)s2)cc1. The molecule has 1 amide bonds. The first-order valence-corrected chi connectivity index (χ1v) is 10.7. The van der Waals surface area contributed by atoms with Crippen LogP contribution in [0.1, 0.15) is 51.0 Å². The van der Waals surface area contributed by atoms with Gasteiger partial charge in [0.25, 0.3) is 0 Å². The van der Waals surface area contributed by atoms with Crippen LogP contribution in [0.3, 0.4) is 0 Å². The number of rotatable bonds is 9. The standard InChI is InChI=1S/C24H26N2O2S/c1-3-19-7-9-20(10-8-19)16-26(17-21-5-4-14-25-15-21)24(28)13-11-22(27)23-12-6-18(2)29-23/h4-10,12,14-15H,3,11,13,16-17H2,1-2H3. The zero-order chi connectivity index (χ0) is 20.6. The summed E-state index contributed by atoms with van der Waals surface area (Å²) in [6, 6.07) is 16.0. The maximum absolute atomic E-state index is 13.0. The lowest BCUT2D eigenvalue weighted by Crippen LogP contribution is -2.30. The number of pyridine rings is 1. The highest BCUT2D eigenvalue weighted by Crippen LogP contribution is 2.19. The second-order valence-electron chi connectivity index (χ2n) is 7.11. The van der Waals surface area contributed by atoms with Crippen LogP contribution < -0.4 is 0 Å². The molecular weight excluding hydrogens is 380 g/mol. The van der Waals surface area contributed by atoms with Gasteiger partial charge in [-0.05, 0) is 48.2 Å². The zero-order valence-electron chi connectivity index (χ0n) is 16.9. The molecule has 0 bridgehead atoms. The third-order valence-corrected chi connectivity index (χ3v) is 5.88. The number of ketones is 1. The van der Waals surface area contributed by atoms with Gasteiger partial charge >= 0.3 is 0 Å². The van der Waals surface area contributed by atoms with Crippen LogP contribution in [0, 0.1) is 6.92 Å². The Kier molecular flexibility index (Phi) is 7.30. The van der Waals surface area contributed by atoms with Crippen LogP contribution in [0.25, 0.3) is 0 Å². The molecule has 0 fully saturated rings. The number of aryl methyl sites for hydroxylation is 2. The Balaban J connectivity index is 1.68. The Morgan fingerprint density at radius 2 is 1.66 bits per heavy atom. The van der Waals surface area contributed by atoms with Crippen molar-refractivity contribution >= 4 is 23.0 Å². The molecule has 29 heavy (non-hydrogen) atoms. The average molecular weight is 407 g/mol. The summed E-state index contributed by atoms with van der Waals surface area (Å²) in [5.41, 5.74) is 3.33. The van der Waals surface area contributed by atoms with E-state index in [1.165, 1.54) is 16.9 Å². The Morgan fingerprint density at radius 3 is 2.28 bits per heavy atom. The van der Waals surface area contributed by atoms with Gasteiger partial charge in [-0.25, -0.2) is 0 Å². The summed E-state index contributed by atoms with van der Waals surface area (Å²) < 4.78 is 0. The van der Waals surface area contributed by atoms with Gasteiger partial charge in [-0.1, -0.05) is 37.3 Å². The minimum atomic E-state index is -0.0185. The molecule has 150 valence electrons. The topological polar surface area (TPSA) is 50.3 Å². The molecule has 3 aromatic rings. The molecule has 0 spiro atoms. The molecule has 0 radical (unpaired) electrons. The maximum Gasteiger partial charge on any atom is 0.223 e. The van der Waals surface area contributed by atoms with E-state index in [2.05, 4.69) is 36.2 Å². The quantitative estimate of drug-likeness (QED) is 0.459. The van der Waals surface area contributed by atoms with Crippen molar-refractivity contribution in [3.05, 3.63) is 87.4 Å². The second kappa shape index (κ2) is 10.1. The summed E-state index contributed by atoms with van der Waals surface area (Å²) in [4.78, 5) is 33.2. The van der Waals surface area contributed by atoms with Crippen LogP contribution in [0.2, 0.25) is 0 Å². The van der Waals surface area contributed by atoms with Gasteiger partial charge in [0, 0.05) is 43.2 Å². The fourth-order valence-electron chi connectivity index (χ4n) is 3.13. The number of Topliss-reactive ketones (excluding diaryl/α,β-unsaturated/α-hetero) is 1. The summed E-state index contributed by atoms with van der Waals surface area (Å²) in [5.74, 6) is 0.0140. The van der Waals surface area contributed by atoms with E-state index in [1.54, 1.807) is 12.4 Å². The Bertz CT molecular complexity index is 949. The van der Waals surface area contributed by atoms with Crippen molar-refractivity contribution in [2.45, 2.75) is 46.2 Å². The van der Waals surface area contributed by atoms with Crippen LogP contribution >= 0.6 is 11.3 Å². The van der Waals surface area contributed by atoms with Gasteiger partial charge in [0.1, 0.15) is 0 Å². The van der Waals surface area contributed by atoms with E-state index in [0.717, 1.165) is 27.3 Å². The molecule has 0 saturated heterocycles. The summed E-state index contributed by atoms with van der Waals surface area (Å²) in [6.07, 6.45) is 4.93. The van der Waals surface area contributed by atoms with Gasteiger partial charge in [-0.15, -0.1) is 11.3 Å². The number of carbonyl (C=O) groups excluding carboxylic acids is 2. The van der Waals surface area contributed by atoms with E-state index in [4.69, 9.17) is 0 Å². The normalized spacial score (nSPS) is 10.7. The van der Waals surface area contributed by atoms with Gasteiger partial charge in [-0.2, -0.15) is 0 Å². The Hall–Kier alpha value is -2.79. The van der Waals surface area contributed by atoms with Crippen molar-refractivity contribution in [2.24, 2.45) is 0 Å². The molecule has 2 heterocycles. The van der Waals surface area contributed by atoms with Crippen LogP contribution in [-0.4, -0.2) is 21.6 Å². The Labute approximate surface area is 176 Å². The van der Waals surface area contributed by atoms with E-state index < -0.39 is 0 Å². The smallest absolute Gasteiger partial charge is 0.223 e. The third kappa shape index (κ3) is 6.09. The van der Waals surface area contributed by atoms with Crippen LogP contribution in [0.15, 0.2) is 60.9 Å². The predicted octanol–water partition coefficient (Wildman–Crippen LogP) is 5.21. The van der Waals surface area contributed by atoms with Gasteiger partial charge < -0.3 is 4.90 Å². The minimum Gasteiger partial charge on any atom is -0.334 e. The highest BCUT2D eigenvalue weighted by Gasteiger charge is 2.17. The first-order valence-electron chi connectivity index (χ1n) is 9.89. The number of hydrogen-bond acceptors (Lipinski definition) is 4. The summed E-state index contributed by atoms with van der Waals surface area (Å²) in [5, 5.41) is 0. The van der Waals surface area contributed by atoms with E-state index in [-0.39, 0.29) is 24.5 Å². The number of amides is 1. The van der Waals surface area contributed by atoms with Crippen LogP contribution in [-0.2, 0) is 24.3 Å². The van der Waals surface area contributed by atoms with Crippen molar-refractivity contribution in [2.75, 3.05) is 0 Å². The average Bonchev–Trinajstić information content (AvgIpc) is 3.19. The number of nitrogens with zero attached hydrogens (tertiary/aromatic N) is 2. The number of hydrogen-bond donors (Lipinski definition) is 0. The lowest BCUT2D eigenvalue weighted by Gasteiger charge is -2.23. The van der Waals surface area contributed by atoms with Crippen molar-refractivity contribution < 1.29 is 9.59 Å². The third-order valence-electron chi connectivity index (χ3n) is 4.83. The monoisotopic (exact) mass is 406 g/mol. The number of benzene rings is 1. The molecule has 0 atom stereocenters. The Morgan fingerprint density at radius 1 is 0.931 bits per heavy atom. The van der Waals surface area contributed by atoms with E-state index in [9.17, 15) is 9.59 Å². The number of carbonyl (C=O) groups is 2. The molecule has 4 nitrogen and oxygen atoms in total. The fourth-order valence-corrected chi connectivity index (χ4v) is 3.97. The summed E-state index contributed by atoms with van der Waals surface area (Å²) in [7, 11) is 0. The fraction of sp³-hybridized carbons (Fsp3) is 0.292. The van der Waals surface area contributed by atoms with Crippen molar-refractivity contribution in [3.8, 4) is 0 Å². The molecule has 5 heteroatoms. The molecule has 2 aromatic heterocycles. The summed E-state index contributed by atoms with van der Waals surface area (Å²) >= 11 is 1.48. The maximum atomic E-state index is 13.0. The van der Waals surface area contributed by atoms with Gasteiger partial charge in [-0.3, -0.25) is 14.6 Å². The first-order chi connectivity index (χ1) is 14.0. The van der Waals surface area contributed by atoms with Gasteiger partial charge in [0.2, 0.25) is 5.91 Å². The number of thiophene rings is 1. The first kappa shape index (κ1) is 20.9. The largest absolute Gasteiger partial charge is 0.334 e. The minimum absolute atomic E-state index is 0.0185. The molecule has 0 aliphatic rings. The molecule has 0 aliphatic heterocycles. The van der Waals surface area contributed by atoms with Gasteiger partial charge in [0.05, 0.1) is 4.88 Å². The lowest BCUT2D eigenvalue weighted by atomic mass is 10.1. The molecule has 0 unspecified atom stereocenters. The molecule has 1 aromatic carbocycles. The van der Waals surface area contributed by atoms with E-state index in [1.807, 2.05) is 36.1 Å². The highest BCUT2D eigenvalue weighted by molar-refractivity contribution is 7.14. The molecule has 0 aliphatic carbocycles. The second-order valence-corrected chi connectivity index (χ2v) is 8.40. The van der Waals surface area contributed by atoms with Crippen molar-refractivity contribution in [1.29, 1.82) is 0 Å². The molecule has 3 rings (SSSR count). The van der Waals surface area contributed by atoms with Crippen molar-refractivity contribution in [1.82, 2.24) is 9.88 Å². The summed E-state index contributed by atoms with van der Waals surface area (Å²) in [6.45, 7) is 5.10. The number of aromatic nitrogens is 1. The highest BCUT2D eigenvalue weighted by atomic mass is 32.1. The van der Waals surface area contributed by atoms with Crippen LogP contribution in [0.5, 0.6) is 0 Å². The predicted molar refractivity (Wildman–Crippen MR) is 117 cm³/mol. The van der Waals surface area contributed by atoms with Crippen molar-refractivity contribution in [3.63, 3.8) is 0 Å². The molecular formula is C24H26N2O2S. The molecule has 0 N–H and O–H groups in total. The van der Waals surface area contributed by atoms with E-state index >= 15 is 0 Å². The van der Waals surface area contributed by atoms with Crippen LogP contribution in [0.4, 0.5) is 0 Å². The van der Waals surface area contributed by atoms with Gasteiger partial charge in [0.15, 0.2) is 5.78 Å². The lowest BCUT2D eigenvalue weighted by molar-refractivity contribution is -0.132. The van der Waals surface area contributed by atoms with E-state index in [0.29, 0.717) is 13.1 Å².